The number of rotatable bonds is 3. The topological polar surface area (TPSA) is 50.7 Å². The number of nitrogens with zero attached hydrogens (tertiary/aromatic N) is 3. The van der Waals surface area contributed by atoms with Crippen molar-refractivity contribution >= 4 is 17.4 Å². The molecule has 0 aliphatic carbocycles. The molecular formula is C12H10ClF3N4. The third-order valence-corrected chi connectivity index (χ3v) is 2.60. The van der Waals surface area contributed by atoms with Crippen molar-refractivity contribution in [2.24, 2.45) is 0 Å². The Morgan fingerprint density at radius 3 is 2.60 bits per heavy atom. The Bertz CT molecular complexity index is 599. The summed E-state index contributed by atoms with van der Waals surface area (Å²) in [6.07, 6.45) is -2.93. The number of aryl methyl sites for hydroxylation is 1. The highest BCUT2D eigenvalue weighted by Crippen LogP contribution is 2.29. The Hall–Kier alpha value is -1.89. The van der Waals surface area contributed by atoms with Gasteiger partial charge in [-0.15, -0.1) is 0 Å². The molecular weight excluding hydrogens is 293 g/mol. The second-order valence-electron chi connectivity index (χ2n) is 4.07. The predicted molar refractivity (Wildman–Crippen MR) is 68.3 cm³/mol. The fourth-order valence-corrected chi connectivity index (χ4v) is 1.63. The van der Waals surface area contributed by atoms with Crippen molar-refractivity contribution in [1.82, 2.24) is 15.0 Å². The van der Waals surface area contributed by atoms with Gasteiger partial charge in [0.2, 0.25) is 5.28 Å². The summed E-state index contributed by atoms with van der Waals surface area (Å²) in [5, 5.41) is 2.30. The molecule has 0 saturated carbocycles. The van der Waals surface area contributed by atoms with E-state index in [0.717, 1.165) is 17.3 Å². The molecule has 2 aromatic heterocycles. The Kier molecular flexibility index (Phi) is 4.08. The van der Waals surface area contributed by atoms with Gasteiger partial charge in [-0.3, -0.25) is 4.98 Å². The molecule has 0 radical (unpaired) electrons. The van der Waals surface area contributed by atoms with E-state index in [9.17, 15) is 13.2 Å². The summed E-state index contributed by atoms with van der Waals surface area (Å²) >= 11 is 5.48. The molecule has 0 saturated heterocycles. The van der Waals surface area contributed by atoms with Crippen molar-refractivity contribution in [3.05, 3.63) is 46.6 Å². The van der Waals surface area contributed by atoms with Crippen LogP contribution in [0.5, 0.6) is 0 Å². The van der Waals surface area contributed by atoms with Crippen molar-refractivity contribution < 1.29 is 13.2 Å². The summed E-state index contributed by atoms with van der Waals surface area (Å²) in [5.41, 5.74) is 0.596. The Morgan fingerprint density at radius 2 is 2.00 bits per heavy atom. The van der Waals surface area contributed by atoms with E-state index < -0.39 is 17.2 Å². The lowest BCUT2D eigenvalue weighted by molar-refractivity contribution is -0.141. The number of pyridine rings is 1. The minimum Gasteiger partial charge on any atom is -0.366 e. The Morgan fingerprint density at radius 1 is 1.25 bits per heavy atom. The molecule has 0 spiro atoms. The summed E-state index contributed by atoms with van der Waals surface area (Å²) in [7, 11) is 0. The van der Waals surface area contributed by atoms with Gasteiger partial charge in [-0.1, -0.05) is 6.07 Å². The zero-order chi connectivity index (χ0) is 14.8. The zero-order valence-electron chi connectivity index (χ0n) is 10.4. The van der Waals surface area contributed by atoms with Gasteiger partial charge in [0.25, 0.3) is 0 Å². The smallest absolute Gasteiger partial charge is 0.366 e. The average Bonchev–Trinajstić information content (AvgIpc) is 2.36. The minimum absolute atomic E-state index is 0.0119. The van der Waals surface area contributed by atoms with E-state index in [4.69, 9.17) is 11.6 Å². The van der Waals surface area contributed by atoms with E-state index in [-0.39, 0.29) is 12.4 Å². The van der Waals surface area contributed by atoms with Crippen LogP contribution in [0.4, 0.5) is 19.0 Å². The fourth-order valence-electron chi connectivity index (χ4n) is 1.45. The van der Waals surface area contributed by atoms with Gasteiger partial charge in [0.05, 0.1) is 0 Å². The monoisotopic (exact) mass is 302 g/mol. The Labute approximate surface area is 118 Å². The molecule has 0 aliphatic heterocycles. The molecule has 2 aromatic rings. The number of alkyl halides is 3. The van der Waals surface area contributed by atoms with Crippen LogP contribution in [0.2, 0.25) is 5.28 Å². The number of halogens is 4. The average molecular weight is 303 g/mol. The maximum Gasteiger partial charge on any atom is 0.433 e. The van der Waals surface area contributed by atoms with Gasteiger partial charge in [0.15, 0.2) is 5.69 Å². The first-order valence-electron chi connectivity index (χ1n) is 5.62. The molecule has 106 valence electrons. The van der Waals surface area contributed by atoms with E-state index in [0.29, 0.717) is 0 Å². The summed E-state index contributed by atoms with van der Waals surface area (Å²) in [6, 6.07) is 4.45. The number of aromatic nitrogens is 3. The first-order chi connectivity index (χ1) is 9.34. The van der Waals surface area contributed by atoms with Crippen molar-refractivity contribution in [3.63, 3.8) is 0 Å². The molecule has 2 heterocycles. The van der Waals surface area contributed by atoms with Crippen molar-refractivity contribution in [2.75, 3.05) is 5.32 Å². The molecule has 0 amide bonds. The van der Waals surface area contributed by atoms with Gasteiger partial charge in [-0.05, 0) is 30.2 Å². The van der Waals surface area contributed by atoms with Crippen LogP contribution in [0.1, 0.15) is 17.0 Å². The SMILES string of the molecule is Cc1ccc(CNc2cc(C(F)(F)F)nc(Cl)n2)cn1. The lowest BCUT2D eigenvalue weighted by atomic mass is 10.2. The number of hydrogen-bond donors (Lipinski definition) is 1. The molecule has 0 aliphatic rings. The highest BCUT2D eigenvalue weighted by Gasteiger charge is 2.33. The maximum absolute atomic E-state index is 12.6. The van der Waals surface area contributed by atoms with Crippen LogP contribution in [0.15, 0.2) is 24.4 Å². The maximum atomic E-state index is 12.6. The van der Waals surface area contributed by atoms with Gasteiger partial charge >= 0.3 is 6.18 Å². The molecule has 0 atom stereocenters. The number of anilines is 1. The van der Waals surface area contributed by atoms with Crippen LogP contribution in [0.25, 0.3) is 0 Å². The lowest BCUT2D eigenvalue weighted by Crippen LogP contribution is -2.11. The van der Waals surface area contributed by atoms with Crippen LogP contribution in [0, 0.1) is 6.92 Å². The highest BCUT2D eigenvalue weighted by molar-refractivity contribution is 6.28. The molecule has 4 nitrogen and oxygen atoms in total. The molecule has 20 heavy (non-hydrogen) atoms. The zero-order valence-corrected chi connectivity index (χ0v) is 11.1. The van der Waals surface area contributed by atoms with Crippen molar-refractivity contribution in [1.29, 1.82) is 0 Å². The largest absolute Gasteiger partial charge is 0.433 e. The first kappa shape index (κ1) is 14.5. The third-order valence-electron chi connectivity index (χ3n) is 2.44. The highest BCUT2D eigenvalue weighted by atomic mass is 35.5. The van der Waals surface area contributed by atoms with Crippen LogP contribution < -0.4 is 5.32 Å². The Balaban J connectivity index is 2.13. The normalized spacial score (nSPS) is 11.4. The van der Waals surface area contributed by atoms with Crippen LogP contribution >= 0.6 is 11.6 Å². The molecule has 1 N–H and O–H groups in total. The van der Waals surface area contributed by atoms with E-state index in [2.05, 4.69) is 20.3 Å². The predicted octanol–water partition coefficient (Wildman–Crippen LogP) is 3.46. The minimum atomic E-state index is -4.56. The van der Waals surface area contributed by atoms with E-state index in [1.807, 2.05) is 19.1 Å². The van der Waals surface area contributed by atoms with Gasteiger partial charge in [0.1, 0.15) is 5.82 Å². The second kappa shape index (κ2) is 5.62. The number of nitrogens with one attached hydrogen (secondary N) is 1. The van der Waals surface area contributed by atoms with Gasteiger partial charge in [0, 0.05) is 24.5 Å². The summed E-state index contributed by atoms with van der Waals surface area (Å²) in [4.78, 5) is 10.9. The summed E-state index contributed by atoms with van der Waals surface area (Å²) < 4.78 is 37.7. The number of hydrogen-bond acceptors (Lipinski definition) is 4. The first-order valence-corrected chi connectivity index (χ1v) is 5.99. The fraction of sp³-hybridized carbons (Fsp3) is 0.250. The van der Waals surface area contributed by atoms with E-state index in [1.54, 1.807) is 6.20 Å². The lowest BCUT2D eigenvalue weighted by Gasteiger charge is -2.10. The van der Waals surface area contributed by atoms with Crippen molar-refractivity contribution in [3.8, 4) is 0 Å². The molecule has 0 bridgehead atoms. The standard InChI is InChI=1S/C12H10ClF3N4/c1-7-2-3-8(5-17-7)6-18-10-4-9(12(14,15)16)19-11(13)20-10/h2-5H,6H2,1H3,(H,18,19,20). The van der Waals surface area contributed by atoms with Crippen molar-refractivity contribution in [2.45, 2.75) is 19.6 Å². The van der Waals surface area contributed by atoms with Crippen LogP contribution in [-0.2, 0) is 12.7 Å². The second-order valence-corrected chi connectivity index (χ2v) is 4.40. The van der Waals surface area contributed by atoms with Crippen LogP contribution in [-0.4, -0.2) is 15.0 Å². The molecule has 2 rings (SSSR count). The van der Waals surface area contributed by atoms with E-state index in [1.165, 1.54) is 0 Å². The van der Waals surface area contributed by atoms with Crippen LogP contribution in [0.3, 0.4) is 0 Å². The van der Waals surface area contributed by atoms with Gasteiger partial charge < -0.3 is 5.32 Å². The quantitative estimate of drug-likeness (QED) is 0.882. The molecule has 0 fully saturated rings. The summed E-state index contributed by atoms with van der Waals surface area (Å²) in [5.74, 6) is 0.0119. The molecule has 0 aromatic carbocycles. The van der Waals surface area contributed by atoms with E-state index >= 15 is 0 Å². The van der Waals surface area contributed by atoms with Gasteiger partial charge in [-0.2, -0.15) is 13.2 Å². The molecule has 8 heteroatoms. The molecule has 0 unspecified atom stereocenters. The van der Waals surface area contributed by atoms with Gasteiger partial charge in [-0.25, -0.2) is 9.97 Å². The third kappa shape index (κ3) is 3.80. The summed E-state index contributed by atoms with van der Waals surface area (Å²) in [6.45, 7) is 2.13.